The third-order valence-corrected chi connectivity index (χ3v) is 2.55. The Morgan fingerprint density at radius 2 is 2.20 bits per heavy atom. The third-order valence-electron chi connectivity index (χ3n) is 2.55. The Morgan fingerprint density at radius 1 is 1.40 bits per heavy atom. The number of hydrogen-bond acceptors (Lipinski definition) is 2. The van der Waals surface area contributed by atoms with Gasteiger partial charge in [0.2, 0.25) is 0 Å². The van der Waals surface area contributed by atoms with Gasteiger partial charge < -0.3 is 10.2 Å². The molecule has 1 aliphatic heterocycles. The lowest BCUT2D eigenvalue weighted by Crippen LogP contribution is -2.35. The van der Waals surface area contributed by atoms with Gasteiger partial charge in [0.1, 0.15) is 5.82 Å². The molecule has 2 rings (SSSR count). The average molecular weight is 212 g/mol. The van der Waals surface area contributed by atoms with Gasteiger partial charge in [0.15, 0.2) is 5.82 Å². The van der Waals surface area contributed by atoms with Crippen molar-refractivity contribution in [1.82, 2.24) is 0 Å². The lowest BCUT2D eigenvalue weighted by molar-refractivity contribution is 0.580. The second-order valence-corrected chi connectivity index (χ2v) is 3.70. The van der Waals surface area contributed by atoms with Crippen LogP contribution >= 0.6 is 0 Å². The summed E-state index contributed by atoms with van der Waals surface area (Å²) in [7, 11) is 0. The maximum Gasteiger partial charge on any atom is 0.151 e. The number of nitrogens with one attached hydrogen (secondary N) is 1. The topological polar surface area (TPSA) is 15.3 Å². The fraction of sp³-hybridized carbons (Fsp3) is 0.455. The van der Waals surface area contributed by atoms with Gasteiger partial charge in [-0.15, -0.1) is 0 Å². The Kier molecular flexibility index (Phi) is 2.75. The van der Waals surface area contributed by atoms with Crippen molar-refractivity contribution in [3.63, 3.8) is 0 Å². The predicted molar refractivity (Wildman–Crippen MR) is 57.4 cm³/mol. The largest absolute Gasteiger partial charge is 0.379 e. The minimum absolute atomic E-state index is 0.427. The van der Waals surface area contributed by atoms with E-state index in [1.165, 1.54) is 6.07 Å². The Morgan fingerprint density at radius 3 is 2.93 bits per heavy atom. The molecule has 0 unspecified atom stereocenters. The molecule has 4 heteroatoms. The number of halogens is 2. The summed E-state index contributed by atoms with van der Waals surface area (Å²) >= 11 is 0. The lowest BCUT2D eigenvalue weighted by atomic mass is 10.1. The van der Waals surface area contributed by atoms with E-state index in [0.717, 1.165) is 25.6 Å². The molecule has 0 aromatic heterocycles. The molecule has 0 aliphatic carbocycles. The van der Waals surface area contributed by atoms with E-state index in [2.05, 4.69) is 12.2 Å². The van der Waals surface area contributed by atoms with Gasteiger partial charge in [-0.2, -0.15) is 0 Å². The van der Waals surface area contributed by atoms with E-state index in [0.29, 0.717) is 17.9 Å². The molecule has 0 atom stereocenters. The van der Waals surface area contributed by atoms with Crippen LogP contribution in [0.5, 0.6) is 0 Å². The van der Waals surface area contributed by atoms with E-state index >= 15 is 0 Å². The molecule has 0 saturated carbocycles. The minimum Gasteiger partial charge on any atom is -0.379 e. The lowest BCUT2D eigenvalue weighted by Gasteiger charge is -2.32. The van der Waals surface area contributed by atoms with Crippen molar-refractivity contribution in [2.24, 2.45) is 0 Å². The van der Waals surface area contributed by atoms with E-state index in [4.69, 9.17) is 0 Å². The SMILES string of the molecule is CCCN1CCNc2c(F)cc(F)cc21. The summed E-state index contributed by atoms with van der Waals surface area (Å²) < 4.78 is 26.5. The van der Waals surface area contributed by atoms with Crippen LogP contribution in [-0.4, -0.2) is 19.6 Å². The normalized spacial score (nSPS) is 14.7. The Hall–Kier alpha value is -1.32. The molecule has 2 nitrogen and oxygen atoms in total. The smallest absolute Gasteiger partial charge is 0.151 e. The van der Waals surface area contributed by atoms with Crippen LogP contribution in [0.25, 0.3) is 0 Å². The van der Waals surface area contributed by atoms with Gasteiger partial charge in [-0.1, -0.05) is 6.92 Å². The van der Waals surface area contributed by atoms with Gasteiger partial charge in [0.25, 0.3) is 0 Å². The van der Waals surface area contributed by atoms with Gasteiger partial charge in [0, 0.05) is 25.7 Å². The standard InChI is InChI=1S/C11H14F2N2/c1-2-4-15-5-3-14-11-9(13)6-8(12)7-10(11)15/h6-7,14H,2-5H2,1H3. The first kappa shape index (κ1) is 10.2. The van der Waals surface area contributed by atoms with Crippen molar-refractivity contribution in [2.45, 2.75) is 13.3 Å². The van der Waals surface area contributed by atoms with Crippen LogP contribution in [0.3, 0.4) is 0 Å². The molecule has 0 radical (unpaired) electrons. The van der Waals surface area contributed by atoms with Crippen molar-refractivity contribution in [2.75, 3.05) is 29.9 Å². The van der Waals surface area contributed by atoms with Crippen molar-refractivity contribution in [3.05, 3.63) is 23.8 Å². The molecule has 1 heterocycles. The number of anilines is 2. The van der Waals surface area contributed by atoms with Crippen LogP contribution in [0, 0.1) is 11.6 Å². The monoisotopic (exact) mass is 212 g/mol. The zero-order valence-corrected chi connectivity index (χ0v) is 8.69. The van der Waals surface area contributed by atoms with Crippen molar-refractivity contribution < 1.29 is 8.78 Å². The van der Waals surface area contributed by atoms with E-state index in [1.54, 1.807) is 0 Å². The predicted octanol–water partition coefficient (Wildman–Crippen LogP) is 2.61. The molecule has 0 fully saturated rings. The number of benzene rings is 1. The van der Waals surface area contributed by atoms with Crippen LogP contribution in [0.1, 0.15) is 13.3 Å². The first-order valence-corrected chi connectivity index (χ1v) is 5.20. The highest BCUT2D eigenvalue weighted by atomic mass is 19.1. The number of rotatable bonds is 2. The van der Waals surface area contributed by atoms with Crippen LogP contribution in [-0.2, 0) is 0 Å². The highest BCUT2D eigenvalue weighted by molar-refractivity contribution is 5.72. The fourth-order valence-corrected chi connectivity index (χ4v) is 1.92. The third kappa shape index (κ3) is 1.89. The Bertz CT molecular complexity index is 366. The fourth-order valence-electron chi connectivity index (χ4n) is 1.92. The quantitative estimate of drug-likeness (QED) is 0.810. The number of hydrogen-bond donors (Lipinski definition) is 1. The molecule has 1 aromatic rings. The van der Waals surface area contributed by atoms with Crippen LogP contribution in [0.4, 0.5) is 20.2 Å². The summed E-state index contributed by atoms with van der Waals surface area (Å²) in [6, 6.07) is 2.31. The maximum atomic E-state index is 13.4. The molecule has 82 valence electrons. The summed E-state index contributed by atoms with van der Waals surface area (Å²) in [6.45, 7) is 4.38. The first-order valence-electron chi connectivity index (χ1n) is 5.20. The Balaban J connectivity index is 2.41. The highest BCUT2D eigenvalue weighted by Crippen LogP contribution is 2.32. The summed E-state index contributed by atoms with van der Waals surface area (Å²) in [6.07, 6.45) is 0.970. The molecule has 0 bridgehead atoms. The van der Waals surface area contributed by atoms with E-state index < -0.39 is 11.6 Å². The summed E-state index contributed by atoms with van der Waals surface area (Å²) in [5.41, 5.74) is 1.07. The Labute approximate surface area is 87.9 Å². The molecule has 0 saturated heterocycles. The molecule has 1 aliphatic rings. The van der Waals surface area contributed by atoms with Crippen molar-refractivity contribution >= 4 is 11.4 Å². The van der Waals surface area contributed by atoms with Crippen LogP contribution < -0.4 is 10.2 Å². The molecule has 15 heavy (non-hydrogen) atoms. The van der Waals surface area contributed by atoms with E-state index in [9.17, 15) is 8.78 Å². The summed E-state index contributed by atoms with van der Waals surface area (Å²) in [5.74, 6) is -1.03. The molecular formula is C11H14F2N2. The molecule has 1 aromatic carbocycles. The highest BCUT2D eigenvalue weighted by Gasteiger charge is 2.20. The number of nitrogens with zero attached hydrogens (tertiary/aromatic N) is 1. The summed E-state index contributed by atoms with van der Waals surface area (Å²) in [5, 5.41) is 2.96. The van der Waals surface area contributed by atoms with Crippen molar-refractivity contribution in [3.8, 4) is 0 Å². The molecule has 0 amide bonds. The summed E-state index contributed by atoms with van der Waals surface area (Å²) in [4.78, 5) is 2.01. The number of fused-ring (bicyclic) bond motifs is 1. The molecule has 0 spiro atoms. The maximum absolute atomic E-state index is 13.4. The molecule has 1 N–H and O–H groups in total. The van der Waals surface area contributed by atoms with Crippen LogP contribution in [0.15, 0.2) is 12.1 Å². The van der Waals surface area contributed by atoms with E-state index in [-0.39, 0.29) is 0 Å². The van der Waals surface area contributed by atoms with Gasteiger partial charge in [0.05, 0.1) is 11.4 Å². The van der Waals surface area contributed by atoms with Gasteiger partial charge >= 0.3 is 0 Å². The average Bonchev–Trinajstić information content (AvgIpc) is 2.19. The van der Waals surface area contributed by atoms with Gasteiger partial charge in [-0.05, 0) is 12.5 Å². The molecular weight excluding hydrogens is 198 g/mol. The zero-order valence-electron chi connectivity index (χ0n) is 8.69. The van der Waals surface area contributed by atoms with E-state index in [1.807, 2.05) is 4.90 Å². The van der Waals surface area contributed by atoms with Crippen LogP contribution in [0.2, 0.25) is 0 Å². The minimum atomic E-state index is -0.518. The zero-order chi connectivity index (χ0) is 10.8. The first-order chi connectivity index (χ1) is 7.22. The second-order valence-electron chi connectivity index (χ2n) is 3.70. The van der Waals surface area contributed by atoms with Gasteiger partial charge in [-0.3, -0.25) is 0 Å². The van der Waals surface area contributed by atoms with Crippen molar-refractivity contribution in [1.29, 1.82) is 0 Å². The second kappa shape index (κ2) is 4.04. The van der Waals surface area contributed by atoms with Gasteiger partial charge in [-0.25, -0.2) is 8.78 Å².